The molecule has 0 fully saturated rings. The van der Waals surface area contributed by atoms with Gasteiger partial charge in [0.1, 0.15) is 12.4 Å². The van der Waals surface area contributed by atoms with Crippen molar-refractivity contribution in [3.8, 4) is 0 Å². The van der Waals surface area contributed by atoms with E-state index in [4.69, 9.17) is 0 Å². The van der Waals surface area contributed by atoms with Gasteiger partial charge in [0.15, 0.2) is 0 Å². The Hall–Kier alpha value is -3.52. The van der Waals surface area contributed by atoms with Crippen LogP contribution >= 0.6 is 0 Å². The molecule has 0 aromatic heterocycles. The number of carbonyl (C=O) groups excluding carboxylic acids is 1. The average molecular weight is 454 g/mol. The minimum absolute atomic E-state index is 0.0831. The quantitative estimate of drug-likeness (QED) is 0.431. The Balaban J connectivity index is 1.90. The van der Waals surface area contributed by atoms with Gasteiger partial charge in [-0.1, -0.05) is 42.5 Å². The number of nitrogens with zero attached hydrogens (tertiary/aromatic N) is 2. The highest BCUT2D eigenvalue weighted by Gasteiger charge is 2.28. The van der Waals surface area contributed by atoms with Crippen LogP contribution in [0.5, 0.6) is 0 Å². The van der Waals surface area contributed by atoms with Gasteiger partial charge >= 0.3 is 0 Å². The molecule has 0 aliphatic heterocycles. The Morgan fingerprint density at radius 1 is 0.969 bits per heavy atom. The second-order valence-electron chi connectivity index (χ2n) is 7.28. The zero-order valence-corrected chi connectivity index (χ0v) is 18.9. The van der Waals surface area contributed by atoms with Crippen molar-refractivity contribution < 1.29 is 17.6 Å². The Kier molecular flexibility index (Phi) is 7.05. The fourth-order valence-electron chi connectivity index (χ4n) is 3.09. The number of sulfonamides is 1. The molecule has 0 saturated carbocycles. The van der Waals surface area contributed by atoms with E-state index >= 15 is 0 Å². The summed E-state index contributed by atoms with van der Waals surface area (Å²) in [6.07, 6.45) is 0. The Labute approximate surface area is 187 Å². The van der Waals surface area contributed by atoms with Gasteiger partial charge in [-0.2, -0.15) is 5.10 Å². The predicted molar refractivity (Wildman–Crippen MR) is 124 cm³/mol. The van der Waals surface area contributed by atoms with E-state index in [2.05, 4.69) is 10.5 Å². The summed E-state index contributed by atoms with van der Waals surface area (Å²) >= 11 is 0. The maximum atomic E-state index is 13.4. The molecule has 6 nitrogen and oxygen atoms in total. The van der Waals surface area contributed by atoms with E-state index in [0.717, 1.165) is 15.4 Å². The summed E-state index contributed by atoms with van der Waals surface area (Å²) in [6.45, 7) is 4.90. The first kappa shape index (κ1) is 23.1. The number of amides is 1. The molecule has 166 valence electrons. The molecule has 0 saturated heterocycles. The third-order valence-corrected chi connectivity index (χ3v) is 6.85. The van der Waals surface area contributed by atoms with E-state index < -0.39 is 22.5 Å². The number of nitrogens with one attached hydrogen (secondary N) is 1. The van der Waals surface area contributed by atoms with Crippen molar-refractivity contribution in [3.63, 3.8) is 0 Å². The zero-order valence-electron chi connectivity index (χ0n) is 18.0. The fraction of sp³-hybridized carbons (Fsp3) is 0.167. The first-order chi connectivity index (χ1) is 15.2. The molecule has 0 aliphatic rings. The molecule has 0 aliphatic carbocycles. The van der Waals surface area contributed by atoms with Crippen molar-refractivity contribution >= 4 is 27.3 Å². The summed E-state index contributed by atoms with van der Waals surface area (Å²) in [7, 11) is -4.00. The third-order valence-electron chi connectivity index (χ3n) is 5.07. The van der Waals surface area contributed by atoms with Gasteiger partial charge in [0, 0.05) is 0 Å². The Bertz CT molecular complexity index is 1240. The van der Waals surface area contributed by atoms with Gasteiger partial charge in [-0.25, -0.2) is 18.2 Å². The highest BCUT2D eigenvalue weighted by atomic mass is 32.2. The van der Waals surface area contributed by atoms with Gasteiger partial charge in [0.05, 0.1) is 16.3 Å². The predicted octanol–water partition coefficient (Wildman–Crippen LogP) is 4.18. The number of rotatable bonds is 7. The maximum absolute atomic E-state index is 13.4. The largest absolute Gasteiger partial charge is 0.271 e. The van der Waals surface area contributed by atoms with Crippen molar-refractivity contribution in [1.82, 2.24) is 5.43 Å². The first-order valence-electron chi connectivity index (χ1n) is 9.93. The van der Waals surface area contributed by atoms with Crippen LogP contribution in [0, 0.1) is 19.7 Å². The molecule has 0 heterocycles. The first-order valence-corrected chi connectivity index (χ1v) is 11.4. The van der Waals surface area contributed by atoms with Crippen LogP contribution in [0.15, 0.2) is 82.8 Å². The third kappa shape index (κ3) is 5.20. The second-order valence-corrected chi connectivity index (χ2v) is 9.15. The lowest BCUT2D eigenvalue weighted by Crippen LogP contribution is -2.40. The Morgan fingerprint density at radius 3 is 2.28 bits per heavy atom. The highest BCUT2D eigenvalue weighted by molar-refractivity contribution is 7.92. The van der Waals surface area contributed by atoms with Gasteiger partial charge in [0.2, 0.25) is 0 Å². The molecular weight excluding hydrogens is 429 g/mol. The lowest BCUT2D eigenvalue weighted by Gasteiger charge is -2.26. The molecular formula is C24H24FN3O3S. The molecule has 8 heteroatoms. The van der Waals surface area contributed by atoms with Crippen LogP contribution in [-0.2, 0) is 14.8 Å². The number of anilines is 1. The molecule has 0 spiro atoms. The van der Waals surface area contributed by atoms with Crippen LogP contribution in [0.4, 0.5) is 10.1 Å². The van der Waals surface area contributed by atoms with Crippen LogP contribution < -0.4 is 9.73 Å². The maximum Gasteiger partial charge on any atom is 0.264 e. The molecule has 32 heavy (non-hydrogen) atoms. The molecule has 0 atom stereocenters. The van der Waals surface area contributed by atoms with Crippen LogP contribution in [-0.4, -0.2) is 26.6 Å². The van der Waals surface area contributed by atoms with Gasteiger partial charge in [-0.3, -0.25) is 9.10 Å². The van der Waals surface area contributed by atoms with Crippen molar-refractivity contribution in [2.75, 3.05) is 10.8 Å². The zero-order chi connectivity index (χ0) is 23.3. The lowest BCUT2D eigenvalue weighted by molar-refractivity contribution is -0.119. The number of hydrazone groups is 1. The number of carbonyl (C=O) groups is 1. The summed E-state index contributed by atoms with van der Waals surface area (Å²) in [5.41, 5.74) is 5.58. The van der Waals surface area contributed by atoms with Gasteiger partial charge in [-0.15, -0.1) is 0 Å². The molecule has 1 amide bonds. The minimum atomic E-state index is -4.00. The summed E-state index contributed by atoms with van der Waals surface area (Å²) < 4.78 is 41.0. The van der Waals surface area contributed by atoms with Crippen molar-refractivity contribution in [2.45, 2.75) is 25.7 Å². The molecule has 0 radical (unpaired) electrons. The van der Waals surface area contributed by atoms with E-state index in [1.807, 2.05) is 19.9 Å². The summed E-state index contributed by atoms with van der Waals surface area (Å²) in [5.74, 6) is -0.979. The molecule has 3 aromatic carbocycles. The second kappa shape index (κ2) is 9.74. The average Bonchev–Trinajstić information content (AvgIpc) is 2.79. The number of hydrogen-bond acceptors (Lipinski definition) is 4. The highest BCUT2D eigenvalue weighted by Crippen LogP contribution is 2.28. The molecule has 3 aromatic rings. The van der Waals surface area contributed by atoms with Gasteiger partial charge in [0.25, 0.3) is 15.9 Å². The summed E-state index contributed by atoms with van der Waals surface area (Å²) in [5, 5.41) is 4.04. The van der Waals surface area contributed by atoms with Crippen molar-refractivity contribution in [2.24, 2.45) is 5.10 Å². The van der Waals surface area contributed by atoms with Gasteiger partial charge in [-0.05, 0) is 67.8 Å². The fourth-order valence-corrected chi connectivity index (χ4v) is 4.59. The molecule has 0 bridgehead atoms. The van der Waals surface area contributed by atoms with Crippen molar-refractivity contribution in [3.05, 3.63) is 95.3 Å². The summed E-state index contributed by atoms with van der Waals surface area (Å²) in [6, 6.07) is 18.9. The molecule has 3 rings (SSSR count). The van der Waals surface area contributed by atoms with Crippen LogP contribution in [0.2, 0.25) is 0 Å². The SMILES string of the molecule is C/C(=N/NC(=O)CN(c1cccc(C)c1C)S(=O)(=O)c1ccccc1)c1ccc(F)cc1. The standard InChI is InChI=1S/C24H24FN3O3S/c1-17-8-7-11-23(18(17)2)28(32(30,31)22-9-5-4-6-10-22)16-24(29)27-26-19(3)20-12-14-21(25)15-13-20/h4-15H,16H2,1-3H3,(H,27,29)/b26-19-. The van der Waals surface area contributed by atoms with E-state index in [-0.39, 0.29) is 10.7 Å². The van der Waals surface area contributed by atoms with Crippen LogP contribution in [0.3, 0.4) is 0 Å². The van der Waals surface area contributed by atoms with E-state index in [9.17, 15) is 17.6 Å². The summed E-state index contributed by atoms with van der Waals surface area (Å²) in [4.78, 5) is 12.8. The molecule has 0 unspecified atom stereocenters. The van der Waals surface area contributed by atoms with Gasteiger partial charge < -0.3 is 0 Å². The number of halogens is 1. The number of aryl methyl sites for hydroxylation is 1. The number of benzene rings is 3. The van der Waals surface area contributed by atoms with Crippen molar-refractivity contribution in [1.29, 1.82) is 0 Å². The van der Waals surface area contributed by atoms with E-state index in [1.54, 1.807) is 49.4 Å². The lowest BCUT2D eigenvalue weighted by atomic mass is 10.1. The molecule has 1 N–H and O–H groups in total. The van der Waals surface area contributed by atoms with E-state index in [1.165, 1.54) is 24.3 Å². The van der Waals surface area contributed by atoms with Crippen LogP contribution in [0.25, 0.3) is 0 Å². The normalized spacial score (nSPS) is 11.8. The monoisotopic (exact) mass is 453 g/mol. The minimum Gasteiger partial charge on any atom is -0.271 e. The smallest absolute Gasteiger partial charge is 0.264 e. The van der Waals surface area contributed by atoms with Crippen LogP contribution in [0.1, 0.15) is 23.6 Å². The Morgan fingerprint density at radius 2 is 1.62 bits per heavy atom. The number of hydrogen-bond donors (Lipinski definition) is 1. The topological polar surface area (TPSA) is 78.8 Å². The van der Waals surface area contributed by atoms with E-state index in [0.29, 0.717) is 17.0 Å².